The van der Waals surface area contributed by atoms with Crippen LogP contribution in [0.15, 0.2) is 54.6 Å². The van der Waals surface area contributed by atoms with E-state index in [-0.39, 0.29) is 18.8 Å². The number of hydrogen-bond acceptors (Lipinski definition) is 4. The summed E-state index contributed by atoms with van der Waals surface area (Å²) in [7, 11) is 1.49. The molecule has 8 nitrogen and oxygen atoms in total. The van der Waals surface area contributed by atoms with Crippen molar-refractivity contribution in [3.8, 4) is 22.7 Å². The Hall–Kier alpha value is -4.02. The highest BCUT2D eigenvalue weighted by molar-refractivity contribution is 5.81. The van der Waals surface area contributed by atoms with Crippen molar-refractivity contribution >= 4 is 12.0 Å². The number of rotatable bonds is 7. The summed E-state index contributed by atoms with van der Waals surface area (Å²) < 4.78 is 46.2. The van der Waals surface area contributed by atoms with Crippen LogP contribution in [0.1, 0.15) is 11.3 Å². The van der Waals surface area contributed by atoms with E-state index in [1.165, 1.54) is 11.8 Å². The second-order valence-corrected chi connectivity index (χ2v) is 6.65. The molecule has 0 aliphatic carbocycles. The minimum absolute atomic E-state index is 0.131. The van der Waals surface area contributed by atoms with Gasteiger partial charge in [-0.3, -0.25) is 4.79 Å². The average molecular weight is 448 g/mol. The molecule has 3 rings (SSSR count). The van der Waals surface area contributed by atoms with Gasteiger partial charge >= 0.3 is 12.3 Å². The van der Waals surface area contributed by atoms with Crippen molar-refractivity contribution in [3.05, 3.63) is 65.9 Å². The minimum Gasteiger partial charge on any atom is -0.497 e. The number of carboxylic acid groups (broad SMARTS) is 1. The maximum Gasteiger partial charge on any atom is 0.435 e. The molecule has 168 valence electrons. The van der Waals surface area contributed by atoms with Gasteiger partial charge in [0.2, 0.25) is 5.91 Å². The first-order valence-electron chi connectivity index (χ1n) is 9.32. The topological polar surface area (TPSA) is 105 Å². The number of nitrogens with zero attached hydrogens (tertiary/aromatic N) is 2. The second kappa shape index (κ2) is 9.41. The van der Waals surface area contributed by atoms with Crippen LogP contribution < -0.4 is 15.4 Å². The van der Waals surface area contributed by atoms with Gasteiger partial charge in [0.25, 0.3) is 0 Å². The van der Waals surface area contributed by atoms with E-state index in [1.807, 2.05) is 5.32 Å². The molecule has 0 radical (unpaired) electrons. The third-order valence-electron chi connectivity index (χ3n) is 4.46. The fourth-order valence-electron chi connectivity index (χ4n) is 2.86. The van der Waals surface area contributed by atoms with Gasteiger partial charge < -0.3 is 20.5 Å². The zero-order valence-electron chi connectivity index (χ0n) is 16.8. The van der Waals surface area contributed by atoms with Crippen LogP contribution in [0.4, 0.5) is 18.0 Å². The normalized spacial score (nSPS) is 11.1. The molecule has 32 heavy (non-hydrogen) atoms. The molecule has 0 atom stereocenters. The van der Waals surface area contributed by atoms with Gasteiger partial charge in [0, 0.05) is 12.1 Å². The molecule has 0 saturated carbocycles. The highest BCUT2D eigenvalue weighted by atomic mass is 19.4. The van der Waals surface area contributed by atoms with Crippen LogP contribution in [0.25, 0.3) is 16.9 Å². The summed E-state index contributed by atoms with van der Waals surface area (Å²) in [5.74, 6) is 0.0485. The molecule has 2 amide bonds. The number of hydrogen-bond donors (Lipinski definition) is 3. The van der Waals surface area contributed by atoms with Crippen LogP contribution in [0, 0.1) is 0 Å². The zero-order valence-corrected chi connectivity index (χ0v) is 16.8. The van der Waals surface area contributed by atoms with Gasteiger partial charge in [0.1, 0.15) is 5.75 Å². The zero-order chi connectivity index (χ0) is 23.3. The van der Waals surface area contributed by atoms with E-state index >= 15 is 0 Å². The van der Waals surface area contributed by atoms with Crippen molar-refractivity contribution in [3.63, 3.8) is 0 Å². The number of methoxy groups -OCH3 is 1. The number of benzene rings is 2. The maximum atomic E-state index is 13.3. The molecule has 11 heteroatoms. The van der Waals surface area contributed by atoms with Gasteiger partial charge in [-0.25, -0.2) is 9.48 Å². The van der Waals surface area contributed by atoms with Crippen molar-refractivity contribution in [2.24, 2.45) is 0 Å². The fraction of sp³-hybridized carbons (Fsp3) is 0.190. The fourth-order valence-corrected chi connectivity index (χ4v) is 2.86. The van der Waals surface area contributed by atoms with Gasteiger partial charge in [-0.2, -0.15) is 18.3 Å². The number of carbonyl (C=O) groups is 2. The lowest BCUT2D eigenvalue weighted by atomic mass is 10.1. The molecule has 1 aromatic heterocycles. The van der Waals surface area contributed by atoms with Crippen molar-refractivity contribution < 1.29 is 32.6 Å². The Morgan fingerprint density at radius 1 is 1.06 bits per heavy atom. The lowest BCUT2D eigenvalue weighted by Gasteiger charge is -2.10. The number of halogens is 3. The highest BCUT2D eigenvalue weighted by Crippen LogP contribution is 2.33. The summed E-state index contributed by atoms with van der Waals surface area (Å²) in [6.45, 7) is -0.249. The van der Waals surface area contributed by atoms with Crippen molar-refractivity contribution in [1.82, 2.24) is 20.4 Å². The van der Waals surface area contributed by atoms with Crippen LogP contribution in [0.3, 0.4) is 0 Å². The third kappa shape index (κ3) is 5.56. The number of carbonyl (C=O) groups excluding carboxylic acids is 1. The maximum absolute atomic E-state index is 13.3. The van der Waals surface area contributed by atoms with Crippen LogP contribution in [-0.4, -0.2) is 40.5 Å². The van der Waals surface area contributed by atoms with E-state index < -0.39 is 23.9 Å². The summed E-state index contributed by atoms with van der Waals surface area (Å²) in [5, 5.41) is 16.7. The van der Waals surface area contributed by atoms with E-state index in [9.17, 15) is 22.8 Å². The molecule has 0 aliphatic heterocycles. The van der Waals surface area contributed by atoms with Crippen LogP contribution in [-0.2, 0) is 17.5 Å². The van der Waals surface area contributed by atoms with Crippen molar-refractivity contribution in [2.45, 2.75) is 12.7 Å². The van der Waals surface area contributed by atoms with Crippen LogP contribution in [0.5, 0.6) is 5.75 Å². The molecule has 3 aromatic rings. The summed E-state index contributed by atoms with van der Waals surface area (Å²) in [4.78, 5) is 22.0. The molecule has 0 aliphatic rings. The number of amides is 2. The summed E-state index contributed by atoms with van der Waals surface area (Å²) in [5.41, 5.74) is 0.823. The van der Waals surface area contributed by atoms with Crippen LogP contribution in [0.2, 0.25) is 0 Å². The predicted octanol–water partition coefficient (Wildman–Crippen LogP) is 3.45. The summed E-state index contributed by atoms with van der Waals surface area (Å²) >= 11 is 0. The molecular weight excluding hydrogens is 429 g/mol. The van der Waals surface area contributed by atoms with Gasteiger partial charge in [-0.05, 0) is 35.9 Å². The van der Waals surface area contributed by atoms with Gasteiger partial charge in [0.15, 0.2) is 5.69 Å². The molecule has 0 fully saturated rings. The number of aromatic nitrogens is 2. The Labute approximate surface area is 180 Å². The summed E-state index contributed by atoms with van der Waals surface area (Å²) in [6, 6.07) is 14.0. The number of ether oxygens (including phenoxy) is 1. The molecule has 0 bridgehead atoms. The number of alkyl halides is 3. The molecule has 1 heterocycles. The SMILES string of the molecule is COc1ccc(-n2nc(C(F)(F)F)cc2-c2ccc(CNC(=O)CNC(=O)O)cc2)cc1. The Kier molecular flexibility index (Phi) is 6.67. The Morgan fingerprint density at radius 3 is 2.28 bits per heavy atom. The lowest BCUT2D eigenvalue weighted by molar-refractivity contribution is -0.141. The molecule has 0 unspecified atom stereocenters. The van der Waals surface area contributed by atoms with Crippen molar-refractivity contribution in [2.75, 3.05) is 13.7 Å². The first kappa shape index (κ1) is 22.7. The molecular formula is C21H19F3N4O4. The van der Waals surface area contributed by atoms with Crippen molar-refractivity contribution in [1.29, 1.82) is 0 Å². The molecule has 0 saturated heterocycles. The second-order valence-electron chi connectivity index (χ2n) is 6.65. The smallest absolute Gasteiger partial charge is 0.435 e. The first-order valence-corrected chi connectivity index (χ1v) is 9.32. The quantitative estimate of drug-likeness (QED) is 0.514. The molecule has 0 spiro atoms. The van der Waals surface area contributed by atoms with Gasteiger partial charge in [-0.15, -0.1) is 0 Å². The number of nitrogens with one attached hydrogen (secondary N) is 2. The van der Waals surface area contributed by atoms with Gasteiger partial charge in [0.05, 0.1) is 25.0 Å². The molecule has 2 aromatic carbocycles. The standard InChI is InChI=1S/C21H19F3N4O4/c1-32-16-8-6-15(7-9-16)28-17(10-18(27-28)21(22,23)24)14-4-2-13(3-5-14)11-25-19(29)12-26-20(30)31/h2-10,26H,11-12H2,1H3,(H,25,29)(H,30,31). The Morgan fingerprint density at radius 2 is 1.72 bits per heavy atom. The molecule has 3 N–H and O–H groups in total. The lowest BCUT2D eigenvalue weighted by Crippen LogP contribution is -2.35. The predicted molar refractivity (Wildman–Crippen MR) is 108 cm³/mol. The summed E-state index contributed by atoms with van der Waals surface area (Å²) in [6.07, 6.45) is -5.92. The van der Waals surface area contributed by atoms with E-state index in [0.29, 0.717) is 22.6 Å². The van der Waals surface area contributed by atoms with E-state index in [2.05, 4.69) is 10.4 Å². The van der Waals surface area contributed by atoms with E-state index in [4.69, 9.17) is 9.84 Å². The first-order chi connectivity index (χ1) is 15.2. The minimum atomic E-state index is -4.61. The monoisotopic (exact) mass is 448 g/mol. The van der Waals surface area contributed by atoms with E-state index in [1.54, 1.807) is 48.5 Å². The average Bonchev–Trinajstić information content (AvgIpc) is 3.23. The Balaban J connectivity index is 1.84. The van der Waals surface area contributed by atoms with Crippen LogP contribution >= 0.6 is 0 Å². The highest BCUT2D eigenvalue weighted by Gasteiger charge is 2.35. The van der Waals surface area contributed by atoms with Gasteiger partial charge in [-0.1, -0.05) is 24.3 Å². The largest absolute Gasteiger partial charge is 0.497 e. The van der Waals surface area contributed by atoms with E-state index in [0.717, 1.165) is 6.07 Å². The third-order valence-corrected chi connectivity index (χ3v) is 4.46. The Bertz CT molecular complexity index is 1090.